The molecule has 4 rings (SSSR count). The molecule has 0 aliphatic carbocycles. The van der Waals surface area contributed by atoms with E-state index in [0.717, 1.165) is 16.2 Å². The first-order chi connectivity index (χ1) is 14.9. The number of esters is 1. The number of hydrogen-bond acceptors (Lipinski definition) is 5. The number of hydrogen-bond donors (Lipinski definition) is 0. The van der Waals surface area contributed by atoms with Gasteiger partial charge in [0, 0.05) is 11.3 Å². The van der Waals surface area contributed by atoms with Crippen LogP contribution in [0, 0.1) is 19.7 Å². The van der Waals surface area contributed by atoms with Gasteiger partial charge in [0.05, 0.1) is 35.5 Å². The zero-order chi connectivity index (χ0) is 22.1. The van der Waals surface area contributed by atoms with Crippen LogP contribution in [0.4, 0.5) is 4.39 Å². The Bertz CT molecular complexity index is 1150. The maximum Gasteiger partial charge on any atom is 0.310 e. The fourth-order valence-corrected chi connectivity index (χ4v) is 3.65. The summed E-state index contributed by atoms with van der Waals surface area (Å²) >= 11 is 0. The van der Waals surface area contributed by atoms with E-state index in [-0.39, 0.29) is 37.2 Å². The Morgan fingerprint density at radius 1 is 1.00 bits per heavy atom. The van der Waals surface area contributed by atoms with Gasteiger partial charge >= 0.3 is 5.97 Å². The number of carbonyl (C=O) groups is 3. The number of rotatable bonds is 6. The van der Waals surface area contributed by atoms with Crippen molar-refractivity contribution in [3.05, 3.63) is 82.4 Å². The first kappa shape index (κ1) is 20.5. The number of imide groups is 1. The Labute approximate surface area is 178 Å². The minimum Gasteiger partial charge on any atom is -0.464 e. The summed E-state index contributed by atoms with van der Waals surface area (Å²) in [7, 11) is 0. The second kappa shape index (κ2) is 8.14. The summed E-state index contributed by atoms with van der Waals surface area (Å²) in [5, 5.41) is 4.44. The molecule has 7 nitrogen and oxygen atoms in total. The Kier molecular flexibility index (Phi) is 5.37. The largest absolute Gasteiger partial charge is 0.464 e. The molecule has 2 amide bonds. The third-order valence-electron chi connectivity index (χ3n) is 5.29. The molecule has 0 spiro atoms. The van der Waals surface area contributed by atoms with Crippen LogP contribution < -0.4 is 0 Å². The summed E-state index contributed by atoms with van der Waals surface area (Å²) in [6.07, 6.45) is 0.000972. The third kappa shape index (κ3) is 3.84. The van der Waals surface area contributed by atoms with E-state index >= 15 is 0 Å². The van der Waals surface area contributed by atoms with Gasteiger partial charge in [-0.1, -0.05) is 12.1 Å². The highest BCUT2D eigenvalue weighted by Crippen LogP contribution is 2.22. The van der Waals surface area contributed by atoms with E-state index in [1.165, 1.54) is 12.1 Å². The van der Waals surface area contributed by atoms with E-state index in [2.05, 4.69) is 5.10 Å². The minimum absolute atomic E-state index is 0.000972. The number of ether oxygens (including phenoxy) is 1. The van der Waals surface area contributed by atoms with E-state index in [0.29, 0.717) is 22.5 Å². The molecule has 0 radical (unpaired) electrons. The lowest BCUT2D eigenvalue weighted by atomic mass is 10.1. The average Bonchev–Trinajstić information content (AvgIpc) is 3.17. The van der Waals surface area contributed by atoms with Crippen molar-refractivity contribution in [3.63, 3.8) is 0 Å². The van der Waals surface area contributed by atoms with Crippen LogP contribution in [0.1, 0.15) is 37.7 Å². The highest BCUT2D eigenvalue weighted by molar-refractivity contribution is 6.21. The molecule has 0 atom stereocenters. The summed E-state index contributed by atoms with van der Waals surface area (Å²) < 4.78 is 20.1. The van der Waals surface area contributed by atoms with Crippen LogP contribution in [0.15, 0.2) is 48.5 Å². The van der Waals surface area contributed by atoms with E-state index in [4.69, 9.17) is 4.74 Å². The number of benzene rings is 2. The predicted molar refractivity (Wildman–Crippen MR) is 109 cm³/mol. The maximum atomic E-state index is 13.2. The van der Waals surface area contributed by atoms with Crippen molar-refractivity contribution in [1.29, 1.82) is 0 Å². The lowest BCUT2D eigenvalue weighted by Gasteiger charge is -2.13. The number of halogens is 1. The lowest BCUT2D eigenvalue weighted by Crippen LogP contribution is -2.33. The highest BCUT2D eigenvalue weighted by atomic mass is 19.1. The van der Waals surface area contributed by atoms with Crippen molar-refractivity contribution in [1.82, 2.24) is 14.7 Å². The number of carbonyl (C=O) groups excluding carboxylic acids is 3. The molecule has 0 fully saturated rings. The molecule has 0 saturated heterocycles. The Hall–Kier alpha value is -3.81. The molecule has 158 valence electrons. The maximum absolute atomic E-state index is 13.2. The molecule has 1 aliphatic rings. The molecule has 1 aromatic heterocycles. The first-order valence-electron chi connectivity index (χ1n) is 9.78. The highest BCUT2D eigenvalue weighted by Gasteiger charge is 2.34. The molecule has 2 heterocycles. The van der Waals surface area contributed by atoms with Gasteiger partial charge in [-0.3, -0.25) is 19.3 Å². The molecular weight excluding hydrogens is 401 g/mol. The van der Waals surface area contributed by atoms with Gasteiger partial charge < -0.3 is 4.74 Å². The molecular formula is C23H20FN3O4. The van der Waals surface area contributed by atoms with Gasteiger partial charge in [-0.05, 0) is 50.2 Å². The molecule has 0 bridgehead atoms. The van der Waals surface area contributed by atoms with Crippen molar-refractivity contribution in [2.24, 2.45) is 0 Å². The van der Waals surface area contributed by atoms with Crippen LogP contribution in [-0.4, -0.2) is 45.6 Å². The topological polar surface area (TPSA) is 81.5 Å². The van der Waals surface area contributed by atoms with Crippen LogP contribution in [0.25, 0.3) is 5.69 Å². The molecule has 2 aromatic carbocycles. The number of nitrogens with zero attached hydrogens (tertiary/aromatic N) is 3. The number of fused-ring (bicyclic) bond motifs is 1. The number of amides is 2. The SMILES string of the molecule is Cc1nn(-c2ccc(F)cc2)c(C)c1CC(=O)OCCN1C(=O)c2ccccc2C1=O. The summed E-state index contributed by atoms with van der Waals surface area (Å²) in [5.41, 5.74) is 3.54. The Morgan fingerprint density at radius 3 is 2.23 bits per heavy atom. The van der Waals surface area contributed by atoms with E-state index in [1.54, 1.807) is 48.0 Å². The molecule has 0 saturated carbocycles. The van der Waals surface area contributed by atoms with Gasteiger partial charge in [0.15, 0.2) is 0 Å². The van der Waals surface area contributed by atoms with Crippen LogP contribution in [0.2, 0.25) is 0 Å². The van der Waals surface area contributed by atoms with Crippen molar-refractivity contribution in [3.8, 4) is 5.69 Å². The number of aromatic nitrogens is 2. The van der Waals surface area contributed by atoms with Crippen LogP contribution >= 0.6 is 0 Å². The molecule has 8 heteroatoms. The second-order valence-electron chi connectivity index (χ2n) is 7.24. The minimum atomic E-state index is -0.485. The van der Waals surface area contributed by atoms with Gasteiger partial charge in [0.25, 0.3) is 11.8 Å². The molecule has 3 aromatic rings. The van der Waals surface area contributed by atoms with E-state index < -0.39 is 5.97 Å². The second-order valence-corrected chi connectivity index (χ2v) is 7.24. The normalized spacial score (nSPS) is 12.9. The molecule has 31 heavy (non-hydrogen) atoms. The zero-order valence-electron chi connectivity index (χ0n) is 17.1. The zero-order valence-corrected chi connectivity index (χ0v) is 17.1. The van der Waals surface area contributed by atoms with Crippen molar-refractivity contribution < 1.29 is 23.5 Å². The van der Waals surface area contributed by atoms with Gasteiger partial charge in [-0.25, -0.2) is 9.07 Å². The Balaban J connectivity index is 1.37. The standard InChI is InChI=1S/C23H20FN3O4/c1-14-20(15(2)27(25-14)17-9-7-16(24)8-10-17)13-21(28)31-12-11-26-22(29)18-5-3-4-6-19(18)23(26)30/h3-10H,11-13H2,1-2H3. The van der Waals surface area contributed by atoms with E-state index in [9.17, 15) is 18.8 Å². The van der Waals surface area contributed by atoms with Crippen molar-refractivity contribution in [2.45, 2.75) is 20.3 Å². The van der Waals surface area contributed by atoms with Gasteiger partial charge in [-0.15, -0.1) is 0 Å². The van der Waals surface area contributed by atoms with Crippen LogP contribution in [-0.2, 0) is 16.0 Å². The lowest BCUT2D eigenvalue weighted by molar-refractivity contribution is -0.143. The van der Waals surface area contributed by atoms with Gasteiger partial charge in [0.1, 0.15) is 12.4 Å². The monoisotopic (exact) mass is 421 g/mol. The van der Waals surface area contributed by atoms with Crippen molar-refractivity contribution >= 4 is 17.8 Å². The van der Waals surface area contributed by atoms with Crippen LogP contribution in [0.3, 0.4) is 0 Å². The first-order valence-corrected chi connectivity index (χ1v) is 9.78. The fourth-order valence-electron chi connectivity index (χ4n) is 3.65. The quantitative estimate of drug-likeness (QED) is 0.452. The van der Waals surface area contributed by atoms with Crippen molar-refractivity contribution in [2.75, 3.05) is 13.2 Å². The number of aryl methyl sites for hydroxylation is 1. The summed E-state index contributed by atoms with van der Waals surface area (Å²) in [6.45, 7) is 3.51. The average molecular weight is 421 g/mol. The molecule has 1 aliphatic heterocycles. The summed E-state index contributed by atoms with van der Waals surface area (Å²) in [6, 6.07) is 12.5. The Morgan fingerprint density at radius 2 is 1.61 bits per heavy atom. The van der Waals surface area contributed by atoms with E-state index in [1.807, 2.05) is 6.92 Å². The molecule has 0 N–H and O–H groups in total. The fraction of sp³-hybridized carbons (Fsp3) is 0.217. The molecule has 0 unspecified atom stereocenters. The smallest absolute Gasteiger partial charge is 0.310 e. The van der Waals surface area contributed by atoms with Gasteiger partial charge in [-0.2, -0.15) is 5.10 Å². The third-order valence-corrected chi connectivity index (χ3v) is 5.29. The van der Waals surface area contributed by atoms with Gasteiger partial charge in [0.2, 0.25) is 0 Å². The van der Waals surface area contributed by atoms with Crippen LogP contribution in [0.5, 0.6) is 0 Å². The summed E-state index contributed by atoms with van der Waals surface area (Å²) in [4.78, 5) is 38.2. The summed E-state index contributed by atoms with van der Waals surface area (Å²) in [5.74, 6) is -1.60. The predicted octanol–water partition coefficient (Wildman–Crippen LogP) is 3.01.